The number of hydrogen-bond acceptors (Lipinski definition) is 5. The van der Waals surface area contributed by atoms with Crippen LogP contribution in [0.2, 0.25) is 15.1 Å². The number of hydrazone groups is 1. The third-order valence-corrected chi connectivity index (χ3v) is 6.83. The molecular weight excluding hydrogens is 501 g/mol. The summed E-state index contributed by atoms with van der Waals surface area (Å²) in [6.45, 7) is -0.472. The van der Waals surface area contributed by atoms with Crippen LogP contribution in [-0.4, -0.2) is 35.3 Å². The number of halogens is 3. The van der Waals surface area contributed by atoms with E-state index in [0.29, 0.717) is 44.2 Å². The van der Waals surface area contributed by atoms with Gasteiger partial charge in [-0.2, -0.15) is 5.10 Å². The zero-order valence-corrected chi connectivity index (χ0v) is 20.5. The second kappa shape index (κ2) is 10.8. The van der Waals surface area contributed by atoms with E-state index in [4.69, 9.17) is 44.6 Å². The summed E-state index contributed by atoms with van der Waals surface area (Å²) < 4.78 is 5.23. The van der Waals surface area contributed by atoms with E-state index >= 15 is 0 Å². The van der Waals surface area contributed by atoms with Crippen molar-refractivity contribution in [3.05, 3.63) is 57.0 Å². The first-order valence-corrected chi connectivity index (χ1v) is 12.2. The smallest absolute Gasteiger partial charge is 0.341 e. The number of aliphatic carboxylic acids is 1. The van der Waals surface area contributed by atoms with Crippen LogP contribution in [0.15, 0.2) is 41.5 Å². The van der Waals surface area contributed by atoms with Crippen LogP contribution in [0.3, 0.4) is 0 Å². The third-order valence-electron chi connectivity index (χ3n) is 5.96. The molecule has 180 valence electrons. The molecule has 1 heterocycles. The van der Waals surface area contributed by atoms with Gasteiger partial charge in [-0.3, -0.25) is 9.80 Å². The minimum absolute atomic E-state index is 0.157. The molecule has 1 aliphatic carbocycles. The van der Waals surface area contributed by atoms with Gasteiger partial charge in [-0.05, 0) is 48.7 Å². The number of nitrogens with zero attached hydrogens (tertiary/aromatic N) is 2. The molecule has 2 aliphatic rings. The molecule has 1 saturated carbocycles. The summed E-state index contributed by atoms with van der Waals surface area (Å²) in [5, 5.41) is 19.5. The van der Waals surface area contributed by atoms with E-state index in [-0.39, 0.29) is 11.9 Å². The van der Waals surface area contributed by atoms with Crippen molar-refractivity contribution in [2.24, 2.45) is 5.10 Å². The van der Waals surface area contributed by atoms with Crippen molar-refractivity contribution in [1.29, 1.82) is 0 Å². The maximum absolute atomic E-state index is 13.1. The van der Waals surface area contributed by atoms with Crippen molar-refractivity contribution < 1.29 is 19.4 Å². The zero-order chi connectivity index (χ0) is 24.2. The summed E-state index contributed by atoms with van der Waals surface area (Å²) in [5.74, 6) is -0.940. The molecular formula is C24H24Cl3N3O4. The van der Waals surface area contributed by atoms with E-state index in [2.05, 4.69) is 10.4 Å². The molecule has 1 atom stereocenters. The van der Waals surface area contributed by atoms with E-state index in [9.17, 15) is 9.59 Å². The summed E-state index contributed by atoms with van der Waals surface area (Å²) in [6, 6.07) is 9.79. The molecule has 0 radical (unpaired) electrons. The van der Waals surface area contributed by atoms with Gasteiger partial charge in [0.15, 0.2) is 6.61 Å². The van der Waals surface area contributed by atoms with E-state index in [0.717, 1.165) is 25.7 Å². The molecule has 0 bridgehead atoms. The highest BCUT2D eigenvalue weighted by molar-refractivity contribution is 6.40. The molecule has 4 rings (SSSR count). The first kappa shape index (κ1) is 24.6. The lowest BCUT2D eigenvalue weighted by Gasteiger charge is -2.25. The molecule has 7 nitrogen and oxygen atoms in total. The Hall–Kier alpha value is -2.48. The molecule has 1 unspecified atom stereocenters. The number of hydrogen-bond donors (Lipinski definition) is 2. The van der Waals surface area contributed by atoms with E-state index < -0.39 is 18.6 Å². The average molecular weight is 525 g/mol. The van der Waals surface area contributed by atoms with Gasteiger partial charge >= 0.3 is 5.97 Å². The molecule has 1 fully saturated rings. The van der Waals surface area contributed by atoms with Crippen LogP contribution in [-0.2, 0) is 9.59 Å². The Kier molecular flexibility index (Phi) is 7.86. The number of amides is 1. The van der Waals surface area contributed by atoms with Gasteiger partial charge < -0.3 is 15.2 Å². The Balaban J connectivity index is 1.62. The maximum Gasteiger partial charge on any atom is 0.341 e. The molecule has 1 aliphatic heterocycles. The van der Waals surface area contributed by atoms with Crippen molar-refractivity contribution >= 4 is 58.1 Å². The summed E-state index contributed by atoms with van der Waals surface area (Å²) in [7, 11) is 0. The van der Waals surface area contributed by atoms with Crippen LogP contribution >= 0.6 is 34.8 Å². The van der Waals surface area contributed by atoms with Gasteiger partial charge in [-0.15, -0.1) is 0 Å². The number of carboxylic acids is 1. The highest BCUT2D eigenvalue weighted by Crippen LogP contribution is 2.42. The number of ether oxygens (including phenoxy) is 1. The first-order chi connectivity index (χ1) is 16.3. The topological polar surface area (TPSA) is 91.2 Å². The fourth-order valence-electron chi connectivity index (χ4n) is 4.31. The van der Waals surface area contributed by atoms with E-state index in [1.807, 2.05) is 0 Å². The number of anilines is 1. The molecule has 0 aromatic heterocycles. The number of carbonyl (C=O) groups is 2. The fraction of sp³-hybridized carbons (Fsp3) is 0.375. The minimum Gasteiger partial charge on any atom is -0.482 e. The number of nitrogens with one attached hydrogen (secondary N) is 1. The highest BCUT2D eigenvalue weighted by atomic mass is 35.5. The predicted molar refractivity (Wildman–Crippen MR) is 133 cm³/mol. The molecule has 2 aromatic rings. The molecule has 1 amide bonds. The summed E-state index contributed by atoms with van der Waals surface area (Å²) in [6.07, 6.45) is 5.68. The number of carbonyl (C=O) groups excluding carboxylic acids is 1. The lowest BCUT2D eigenvalue weighted by Crippen LogP contribution is -2.39. The predicted octanol–water partition coefficient (Wildman–Crippen LogP) is 5.87. The van der Waals surface area contributed by atoms with Crippen LogP contribution in [0.4, 0.5) is 5.69 Å². The molecule has 10 heteroatoms. The van der Waals surface area contributed by atoms with Crippen LogP contribution in [0.1, 0.15) is 50.1 Å². The standard InChI is InChI=1S/C24H24Cl3N3O4/c25-14-6-9-21(19(27)10-14)30-22(17-8-7-16(11-18(17)26)34-13-23(31)32)12-20(29-30)24(33)28-15-4-2-1-3-5-15/h6-11,15,22H,1-5,12-13H2,(H,28,33)(H,31,32). The van der Waals surface area contributed by atoms with Crippen LogP contribution < -0.4 is 15.1 Å². The molecule has 0 saturated heterocycles. The largest absolute Gasteiger partial charge is 0.482 e. The van der Waals surface area contributed by atoms with Gasteiger partial charge in [0, 0.05) is 22.5 Å². The van der Waals surface area contributed by atoms with Gasteiger partial charge in [-0.25, -0.2) is 4.79 Å². The van der Waals surface area contributed by atoms with Crippen LogP contribution in [0.5, 0.6) is 5.75 Å². The quantitative estimate of drug-likeness (QED) is 0.473. The lowest BCUT2D eigenvalue weighted by atomic mass is 9.95. The van der Waals surface area contributed by atoms with Gasteiger partial charge in [0.2, 0.25) is 0 Å². The Bertz CT molecular complexity index is 1120. The minimum atomic E-state index is -1.08. The Morgan fingerprint density at radius 2 is 1.82 bits per heavy atom. The molecule has 2 aromatic carbocycles. The van der Waals surface area contributed by atoms with Gasteiger partial charge in [-0.1, -0.05) is 60.1 Å². The summed E-state index contributed by atoms with van der Waals surface area (Å²) >= 11 is 19.1. The Morgan fingerprint density at radius 3 is 2.50 bits per heavy atom. The summed E-state index contributed by atoms with van der Waals surface area (Å²) in [5.41, 5.74) is 1.70. The van der Waals surface area contributed by atoms with Crippen molar-refractivity contribution in [3.8, 4) is 5.75 Å². The average Bonchev–Trinajstić information content (AvgIpc) is 3.23. The van der Waals surface area contributed by atoms with Crippen LogP contribution in [0.25, 0.3) is 0 Å². The van der Waals surface area contributed by atoms with E-state index in [1.165, 1.54) is 6.42 Å². The zero-order valence-electron chi connectivity index (χ0n) is 18.3. The number of carboxylic acid groups (broad SMARTS) is 1. The summed E-state index contributed by atoms with van der Waals surface area (Å²) in [4.78, 5) is 23.9. The van der Waals surface area contributed by atoms with Crippen molar-refractivity contribution in [2.45, 2.75) is 50.6 Å². The van der Waals surface area contributed by atoms with Gasteiger partial charge in [0.1, 0.15) is 11.5 Å². The normalized spacial score (nSPS) is 18.5. The van der Waals surface area contributed by atoms with Gasteiger partial charge in [0.05, 0.1) is 16.8 Å². The SMILES string of the molecule is O=C(O)COc1ccc(C2CC(C(=O)NC3CCCCC3)=NN2c2ccc(Cl)cc2Cl)c(Cl)c1. The Labute approximate surface area is 212 Å². The number of rotatable bonds is 7. The second-order valence-electron chi connectivity index (χ2n) is 8.38. The third kappa shape index (κ3) is 5.77. The fourth-order valence-corrected chi connectivity index (χ4v) is 5.10. The van der Waals surface area contributed by atoms with Crippen LogP contribution in [0, 0.1) is 0 Å². The first-order valence-electron chi connectivity index (χ1n) is 11.1. The molecule has 0 spiro atoms. The molecule has 34 heavy (non-hydrogen) atoms. The monoisotopic (exact) mass is 523 g/mol. The Morgan fingerprint density at radius 1 is 1.06 bits per heavy atom. The second-order valence-corrected chi connectivity index (χ2v) is 9.63. The van der Waals surface area contributed by atoms with Crippen molar-refractivity contribution in [3.63, 3.8) is 0 Å². The van der Waals surface area contributed by atoms with E-state index in [1.54, 1.807) is 41.4 Å². The lowest BCUT2D eigenvalue weighted by molar-refractivity contribution is -0.139. The maximum atomic E-state index is 13.1. The van der Waals surface area contributed by atoms with Crippen molar-refractivity contribution in [2.75, 3.05) is 11.6 Å². The van der Waals surface area contributed by atoms with Crippen molar-refractivity contribution in [1.82, 2.24) is 5.32 Å². The number of benzene rings is 2. The molecule has 2 N–H and O–H groups in total. The highest BCUT2D eigenvalue weighted by Gasteiger charge is 2.35. The van der Waals surface area contributed by atoms with Gasteiger partial charge in [0.25, 0.3) is 5.91 Å².